The van der Waals surface area contributed by atoms with Crippen molar-refractivity contribution in [3.63, 3.8) is 0 Å². The minimum absolute atomic E-state index is 0.174. The zero-order valence-corrected chi connectivity index (χ0v) is 18.6. The Bertz CT molecular complexity index is 971. The highest BCUT2D eigenvalue weighted by Gasteiger charge is 2.29. The second-order valence-electron chi connectivity index (χ2n) is 8.88. The predicted octanol–water partition coefficient (Wildman–Crippen LogP) is 6.62. The summed E-state index contributed by atoms with van der Waals surface area (Å²) in [6.45, 7) is 5.34. The molecule has 2 aromatic rings. The number of allylic oxidation sites excluding steroid dienone is 4. The SMILES string of the molecule is CCN(c1cccc(CCC(C(=O)C2=CC=CCC2C)c2ccc(F)cc2)c1)C1CC1. The molecule has 2 nitrogen and oxygen atoms in total. The molecule has 162 valence electrons. The van der Waals surface area contributed by atoms with E-state index in [1.54, 1.807) is 12.1 Å². The van der Waals surface area contributed by atoms with Crippen LogP contribution in [0.3, 0.4) is 0 Å². The van der Waals surface area contributed by atoms with Crippen LogP contribution in [0.5, 0.6) is 0 Å². The van der Waals surface area contributed by atoms with Crippen molar-refractivity contribution in [2.75, 3.05) is 11.4 Å². The van der Waals surface area contributed by atoms with E-state index in [1.165, 1.54) is 36.2 Å². The maximum absolute atomic E-state index is 13.5. The van der Waals surface area contributed by atoms with Gasteiger partial charge < -0.3 is 4.90 Å². The van der Waals surface area contributed by atoms with Crippen LogP contribution >= 0.6 is 0 Å². The molecule has 2 aliphatic carbocycles. The molecule has 4 rings (SSSR count). The number of Topliss-reactive ketones (excluding diaryl/α,β-unsaturated/α-hetero) is 1. The van der Waals surface area contributed by atoms with Gasteiger partial charge in [0.15, 0.2) is 5.78 Å². The molecule has 0 saturated heterocycles. The number of carbonyl (C=O) groups is 1. The highest BCUT2D eigenvalue weighted by molar-refractivity contribution is 6.01. The van der Waals surface area contributed by atoms with E-state index in [1.807, 2.05) is 12.2 Å². The fourth-order valence-corrected chi connectivity index (χ4v) is 4.66. The molecule has 1 saturated carbocycles. The molecule has 0 radical (unpaired) electrons. The van der Waals surface area contributed by atoms with Gasteiger partial charge in [-0.25, -0.2) is 4.39 Å². The number of hydrogen-bond acceptors (Lipinski definition) is 2. The lowest BCUT2D eigenvalue weighted by Gasteiger charge is -2.24. The Labute approximate surface area is 185 Å². The first-order valence-corrected chi connectivity index (χ1v) is 11.6. The molecule has 0 heterocycles. The van der Waals surface area contributed by atoms with Gasteiger partial charge in [-0.05, 0) is 85.9 Å². The van der Waals surface area contributed by atoms with E-state index in [0.717, 1.165) is 36.9 Å². The highest BCUT2D eigenvalue weighted by Crippen LogP contribution is 2.34. The molecule has 3 heteroatoms. The fourth-order valence-electron chi connectivity index (χ4n) is 4.66. The third-order valence-electron chi connectivity index (χ3n) is 6.60. The number of anilines is 1. The maximum Gasteiger partial charge on any atom is 0.166 e. The number of carbonyl (C=O) groups excluding carboxylic acids is 1. The Morgan fingerprint density at radius 1 is 1.16 bits per heavy atom. The molecule has 2 unspecified atom stereocenters. The zero-order chi connectivity index (χ0) is 21.8. The van der Waals surface area contributed by atoms with E-state index in [4.69, 9.17) is 0 Å². The summed E-state index contributed by atoms with van der Waals surface area (Å²) in [4.78, 5) is 16.0. The van der Waals surface area contributed by atoms with Crippen LogP contribution in [-0.2, 0) is 11.2 Å². The minimum Gasteiger partial charge on any atom is -0.369 e. The van der Waals surface area contributed by atoms with Crippen LogP contribution in [0, 0.1) is 11.7 Å². The van der Waals surface area contributed by atoms with E-state index < -0.39 is 0 Å². The molecule has 1 fully saturated rings. The quantitative estimate of drug-likeness (QED) is 0.457. The van der Waals surface area contributed by atoms with Gasteiger partial charge in [0.2, 0.25) is 0 Å². The summed E-state index contributed by atoms with van der Waals surface area (Å²) in [5.74, 6) is -0.126. The van der Waals surface area contributed by atoms with Crippen molar-refractivity contribution in [2.45, 2.75) is 57.9 Å². The molecule has 31 heavy (non-hydrogen) atoms. The molecular formula is C28H32FNO. The second kappa shape index (κ2) is 9.64. The van der Waals surface area contributed by atoms with Gasteiger partial charge in [-0.3, -0.25) is 4.79 Å². The van der Waals surface area contributed by atoms with Crippen molar-refractivity contribution >= 4 is 11.5 Å². The minimum atomic E-state index is -0.268. The van der Waals surface area contributed by atoms with Crippen molar-refractivity contribution in [2.24, 2.45) is 5.92 Å². The number of hydrogen-bond donors (Lipinski definition) is 0. The third-order valence-corrected chi connectivity index (χ3v) is 6.60. The van der Waals surface area contributed by atoms with Gasteiger partial charge >= 0.3 is 0 Å². The van der Waals surface area contributed by atoms with Gasteiger partial charge in [-0.2, -0.15) is 0 Å². The Kier molecular flexibility index (Phi) is 6.70. The van der Waals surface area contributed by atoms with Gasteiger partial charge in [0.25, 0.3) is 0 Å². The molecule has 2 aromatic carbocycles. The number of aryl methyl sites for hydroxylation is 1. The average molecular weight is 418 g/mol. The van der Waals surface area contributed by atoms with Crippen LogP contribution in [0.2, 0.25) is 0 Å². The van der Waals surface area contributed by atoms with Crippen LogP contribution in [0.4, 0.5) is 10.1 Å². The average Bonchev–Trinajstić information content (AvgIpc) is 3.61. The Morgan fingerprint density at radius 2 is 1.94 bits per heavy atom. The molecule has 2 aliphatic rings. The number of halogens is 1. The Balaban J connectivity index is 1.55. The summed E-state index contributed by atoms with van der Waals surface area (Å²) >= 11 is 0. The Morgan fingerprint density at radius 3 is 2.61 bits per heavy atom. The number of ketones is 1. The summed E-state index contributed by atoms with van der Waals surface area (Å²) in [5, 5.41) is 0. The normalized spacial score (nSPS) is 19.1. The van der Waals surface area contributed by atoms with Crippen molar-refractivity contribution in [3.8, 4) is 0 Å². The summed E-state index contributed by atoms with van der Waals surface area (Å²) in [6.07, 6.45) is 11.0. The summed E-state index contributed by atoms with van der Waals surface area (Å²) < 4.78 is 13.5. The van der Waals surface area contributed by atoms with Gasteiger partial charge in [0, 0.05) is 24.2 Å². The molecule has 2 atom stereocenters. The van der Waals surface area contributed by atoms with Crippen molar-refractivity contribution < 1.29 is 9.18 Å². The van der Waals surface area contributed by atoms with Crippen LogP contribution < -0.4 is 4.90 Å². The van der Waals surface area contributed by atoms with Crippen molar-refractivity contribution in [3.05, 3.63) is 89.3 Å². The highest BCUT2D eigenvalue weighted by atomic mass is 19.1. The van der Waals surface area contributed by atoms with E-state index in [-0.39, 0.29) is 23.4 Å². The first-order valence-electron chi connectivity index (χ1n) is 11.6. The van der Waals surface area contributed by atoms with Crippen LogP contribution in [-0.4, -0.2) is 18.4 Å². The topological polar surface area (TPSA) is 20.3 Å². The van der Waals surface area contributed by atoms with E-state index >= 15 is 0 Å². The van der Waals surface area contributed by atoms with Crippen LogP contribution in [0.25, 0.3) is 0 Å². The van der Waals surface area contributed by atoms with Crippen LogP contribution in [0.15, 0.2) is 72.3 Å². The van der Waals surface area contributed by atoms with E-state index in [0.29, 0.717) is 6.04 Å². The zero-order valence-electron chi connectivity index (χ0n) is 18.6. The standard InChI is InChI=1S/C28H32FNO/c1-3-30(24-16-17-24)25-9-6-8-21(19-25)11-18-27(22-12-14-23(29)15-13-22)28(31)26-10-5-4-7-20(26)2/h4-6,8-10,12-15,19-20,24,27H,3,7,11,16-18H2,1-2H3. The molecule has 0 bridgehead atoms. The second-order valence-corrected chi connectivity index (χ2v) is 8.88. The lowest BCUT2D eigenvalue weighted by Crippen LogP contribution is -2.25. The number of rotatable bonds is 9. The van der Waals surface area contributed by atoms with E-state index in [2.05, 4.69) is 49.1 Å². The van der Waals surface area contributed by atoms with Crippen molar-refractivity contribution in [1.82, 2.24) is 0 Å². The largest absolute Gasteiger partial charge is 0.369 e. The maximum atomic E-state index is 13.5. The predicted molar refractivity (Wildman–Crippen MR) is 126 cm³/mol. The van der Waals surface area contributed by atoms with Crippen molar-refractivity contribution in [1.29, 1.82) is 0 Å². The number of benzene rings is 2. The summed E-state index contributed by atoms with van der Waals surface area (Å²) in [7, 11) is 0. The number of nitrogens with zero attached hydrogens (tertiary/aromatic N) is 1. The molecule has 0 spiro atoms. The Hall–Kier alpha value is -2.68. The molecule has 0 amide bonds. The van der Waals surface area contributed by atoms with Gasteiger partial charge in [-0.1, -0.05) is 49.4 Å². The van der Waals surface area contributed by atoms with Crippen LogP contribution in [0.1, 0.15) is 56.6 Å². The molecule has 0 N–H and O–H groups in total. The lowest BCUT2D eigenvalue weighted by molar-refractivity contribution is -0.117. The lowest BCUT2D eigenvalue weighted by atomic mass is 9.80. The third kappa shape index (κ3) is 5.15. The fraction of sp³-hybridized carbons (Fsp3) is 0.393. The van der Waals surface area contributed by atoms with E-state index in [9.17, 15) is 9.18 Å². The monoisotopic (exact) mass is 417 g/mol. The molecule has 0 aromatic heterocycles. The van der Waals surface area contributed by atoms with Gasteiger partial charge in [0.05, 0.1) is 0 Å². The summed E-state index contributed by atoms with van der Waals surface area (Å²) in [5.41, 5.74) is 4.32. The molecular weight excluding hydrogens is 385 g/mol. The first kappa shape index (κ1) is 21.5. The summed E-state index contributed by atoms with van der Waals surface area (Å²) in [6, 6.07) is 15.9. The van der Waals surface area contributed by atoms with Gasteiger partial charge in [0.1, 0.15) is 5.82 Å². The first-order chi connectivity index (χ1) is 15.1. The molecule has 0 aliphatic heterocycles. The van der Waals surface area contributed by atoms with Gasteiger partial charge in [-0.15, -0.1) is 0 Å². The smallest absolute Gasteiger partial charge is 0.166 e.